The van der Waals surface area contributed by atoms with Crippen molar-refractivity contribution in [2.75, 3.05) is 25.7 Å². The summed E-state index contributed by atoms with van der Waals surface area (Å²) >= 11 is 0. The lowest BCUT2D eigenvalue weighted by molar-refractivity contribution is 0.288. The van der Waals surface area contributed by atoms with Crippen LogP contribution < -0.4 is 14.4 Å². The monoisotopic (exact) mass is 287 g/mol. The first-order valence-electron chi connectivity index (χ1n) is 7.02. The summed E-state index contributed by atoms with van der Waals surface area (Å²) in [5.74, 6) is 0.830. The van der Waals surface area contributed by atoms with Crippen LogP contribution in [0.3, 0.4) is 0 Å². The van der Waals surface area contributed by atoms with Crippen molar-refractivity contribution in [1.82, 2.24) is 0 Å². The Hall–Kier alpha value is -2.23. The second kappa shape index (κ2) is 5.64. The van der Waals surface area contributed by atoms with Crippen molar-refractivity contribution in [3.05, 3.63) is 47.8 Å². The Morgan fingerprint density at radius 1 is 1.14 bits per heavy atom. The van der Waals surface area contributed by atoms with Crippen LogP contribution in [0.5, 0.6) is 11.5 Å². The number of anilines is 2. The fraction of sp³-hybridized carbons (Fsp3) is 0.294. The Morgan fingerprint density at radius 3 is 2.71 bits per heavy atom. The molecule has 1 aliphatic heterocycles. The van der Waals surface area contributed by atoms with E-state index >= 15 is 0 Å². The van der Waals surface area contributed by atoms with Crippen molar-refractivity contribution in [3.8, 4) is 11.5 Å². The smallest absolute Gasteiger partial charge is 0.165 e. The summed E-state index contributed by atoms with van der Waals surface area (Å²) in [7, 11) is 3.41. The molecule has 0 amide bonds. The van der Waals surface area contributed by atoms with E-state index in [9.17, 15) is 4.39 Å². The van der Waals surface area contributed by atoms with Crippen LogP contribution in [0.4, 0.5) is 15.8 Å². The molecule has 0 saturated carbocycles. The van der Waals surface area contributed by atoms with Gasteiger partial charge in [-0.1, -0.05) is 6.07 Å². The molecular weight excluding hydrogens is 269 g/mol. The fourth-order valence-electron chi connectivity index (χ4n) is 2.54. The highest BCUT2D eigenvalue weighted by atomic mass is 19.1. The number of hydrogen-bond acceptors (Lipinski definition) is 3. The topological polar surface area (TPSA) is 21.7 Å². The molecule has 110 valence electrons. The van der Waals surface area contributed by atoms with Gasteiger partial charge in [-0.2, -0.15) is 0 Å². The van der Waals surface area contributed by atoms with Crippen molar-refractivity contribution in [2.24, 2.45) is 0 Å². The molecule has 0 unspecified atom stereocenters. The van der Waals surface area contributed by atoms with Crippen molar-refractivity contribution in [3.63, 3.8) is 0 Å². The van der Waals surface area contributed by atoms with E-state index in [0.29, 0.717) is 0 Å². The van der Waals surface area contributed by atoms with Crippen LogP contribution in [0.25, 0.3) is 0 Å². The first kappa shape index (κ1) is 13.7. The van der Waals surface area contributed by atoms with E-state index in [2.05, 4.69) is 12.1 Å². The predicted octanol–water partition coefficient (Wildman–Crippen LogP) is 3.93. The molecule has 21 heavy (non-hydrogen) atoms. The maximum Gasteiger partial charge on any atom is 0.165 e. The quantitative estimate of drug-likeness (QED) is 0.854. The molecule has 2 aromatic rings. The molecule has 4 heteroatoms. The maximum atomic E-state index is 13.5. The van der Waals surface area contributed by atoms with Crippen LogP contribution in [0.1, 0.15) is 12.0 Å². The van der Waals surface area contributed by atoms with Gasteiger partial charge in [-0.25, -0.2) is 4.39 Å². The molecule has 0 aromatic heterocycles. The molecule has 1 aliphatic rings. The van der Waals surface area contributed by atoms with Crippen LogP contribution in [-0.2, 0) is 6.42 Å². The molecular formula is C17H18FNO2. The van der Waals surface area contributed by atoms with E-state index in [4.69, 9.17) is 9.47 Å². The van der Waals surface area contributed by atoms with Gasteiger partial charge in [0.15, 0.2) is 11.6 Å². The van der Waals surface area contributed by atoms with E-state index < -0.39 is 0 Å². The zero-order chi connectivity index (χ0) is 14.8. The number of rotatable bonds is 3. The average Bonchev–Trinajstić information content (AvgIpc) is 2.54. The molecule has 2 aromatic carbocycles. The van der Waals surface area contributed by atoms with Gasteiger partial charge in [-0.3, -0.25) is 0 Å². The molecule has 0 fully saturated rings. The van der Waals surface area contributed by atoms with Gasteiger partial charge in [0, 0.05) is 30.6 Å². The number of nitrogens with zero attached hydrogens (tertiary/aromatic N) is 1. The minimum atomic E-state index is -0.358. The number of hydrogen-bond donors (Lipinski definition) is 0. The van der Waals surface area contributed by atoms with Gasteiger partial charge in [-0.15, -0.1) is 0 Å². The van der Waals surface area contributed by atoms with Crippen LogP contribution in [0.2, 0.25) is 0 Å². The summed E-state index contributed by atoms with van der Waals surface area (Å²) in [5, 5.41) is 0. The summed E-state index contributed by atoms with van der Waals surface area (Å²) < 4.78 is 24.2. The highest BCUT2D eigenvalue weighted by molar-refractivity contribution is 5.66. The highest BCUT2D eigenvalue weighted by Gasteiger charge is 2.14. The van der Waals surface area contributed by atoms with Crippen molar-refractivity contribution < 1.29 is 13.9 Å². The number of aryl methyl sites for hydroxylation is 1. The molecule has 0 atom stereocenters. The van der Waals surface area contributed by atoms with Gasteiger partial charge in [0.05, 0.1) is 13.7 Å². The molecule has 0 aliphatic carbocycles. The van der Waals surface area contributed by atoms with Crippen molar-refractivity contribution in [2.45, 2.75) is 12.8 Å². The Kier molecular flexibility index (Phi) is 3.69. The lowest BCUT2D eigenvalue weighted by Gasteiger charge is -2.23. The normalized spacial score (nSPS) is 13.3. The van der Waals surface area contributed by atoms with Gasteiger partial charge < -0.3 is 14.4 Å². The van der Waals surface area contributed by atoms with Crippen LogP contribution in [-0.4, -0.2) is 20.8 Å². The SMILES string of the molecule is COc1cc(N(C)c2ccc3c(c2)OCCC3)ccc1F. The lowest BCUT2D eigenvalue weighted by Crippen LogP contribution is -2.12. The minimum absolute atomic E-state index is 0.244. The summed E-state index contributed by atoms with van der Waals surface area (Å²) in [6, 6.07) is 11.0. The maximum absolute atomic E-state index is 13.5. The second-order valence-corrected chi connectivity index (χ2v) is 5.12. The predicted molar refractivity (Wildman–Crippen MR) is 81.3 cm³/mol. The molecule has 0 bridgehead atoms. The third-order valence-electron chi connectivity index (χ3n) is 3.81. The Morgan fingerprint density at radius 2 is 1.90 bits per heavy atom. The standard InChI is InChI=1S/C17H18FNO2/c1-19(14-7-8-15(18)17(11-14)20-2)13-6-5-12-4-3-9-21-16(12)10-13/h5-8,10-11H,3-4,9H2,1-2H3. The first-order chi connectivity index (χ1) is 10.2. The van der Waals surface area contributed by atoms with E-state index in [1.165, 1.54) is 18.7 Å². The Bertz CT molecular complexity index is 657. The summed E-state index contributed by atoms with van der Waals surface area (Å²) in [5.41, 5.74) is 3.11. The van der Waals surface area contributed by atoms with Crippen LogP contribution in [0.15, 0.2) is 36.4 Å². The van der Waals surface area contributed by atoms with Crippen LogP contribution in [0, 0.1) is 5.82 Å². The average molecular weight is 287 g/mol. The summed E-state index contributed by atoms with van der Waals surface area (Å²) in [6.07, 6.45) is 2.13. The van der Waals surface area contributed by atoms with Gasteiger partial charge in [0.1, 0.15) is 5.75 Å². The van der Waals surface area contributed by atoms with E-state index in [-0.39, 0.29) is 11.6 Å². The fourth-order valence-corrected chi connectivity index (χ4v) is 2.54. The van der Waals surface area contributed by atoms with Crippen molar-refractivity contribution >= 4 is 11.4 Å². The minimum Gasteiger partial charge on any atom is -0.494 e. The van der Waals surface area contributed by atoms with E-state index in [0.717, 1.165) is 36.6 Å². The van der Waals surface area contributed by atoms with Crippen molar-refractivity contribution in [1.29, 1.82) is 0 Å². The van der Waals surface area contributed by atoms with E-state index in [1.807, 2.05) is 18.0 Å². The zero-order valence-corrected chi connectivity index (χ0v) is 12.2. The lowest BCUT2D eigenvalue weighted by atomic mass is 10.1. The first-order valence-corrected chi connectivity index (χ1v) is 7.02. The molecule has 0 radical (unpaired) electrons. The van der Waals surface area contributed by atoms with Gasteiger partial charge >= 0.3 is 0 Å². The van der Waals surface area contributed by atoms with E-state index in [1.54, 1.807) is 12.1 Å². The molecule has 0 N–H and O–H groups in total. The molecule has 0 saturated heterocycles. The van der Waals surface area contributed by atoms with Gasteiger partial charge in [0.2, 0.25) is 0 Å². The number of halogens is 1. The number of fused-ring (bicyclic) bond motifs is 1. The highest BCUT2D eigenvalue weighted by Crippen LogP contribution is 2.33. The zero-order valence-electron chi connectivity index (χ0n) is 12.2. The third-order valence-corrected chi connectivity index (χ3v) is 3.81. The molecule has 0 spiro atoms. The number of methoxy groups -OCH3 is 1. The largest absolute Gasteiger partial charge is 0.494 e. The summed E-state index contributed by atoms with van der Waals surface area (Å²) in [6.45, 7) is 0.768. The third kappa shape index (κ3) is 2.66. The van der Waals surface area contributed by atoms with Gasteiger partial charge in [0.25, 0.3) is 0 Å². The Balaban J connectivity index is 1.92. The number of benzene rings is 2. The Labute approximate surface area is 123 Å². The molecule has 3 rings (SSSR count). The van der Waals surface area contributed by atoms with Gasteiger partial charge in [-0.05, 0) is 36.6 Å². The second-order valence-electron chi connectivity index (χ2n) is 5.12. The molecule has 1 heterocycles. The summed E-state index contributed by atoms with van der Waals surface area (Å²) in [4.78, 5) is 1.99. The number of ether oxygens (including phenoxy) is 2. The molecule has 3 nitrogen and oxygen atoms in total. The van der Waals surface area contributed by atoms with Crippen LogP contribution >= 0.6 is 0 Å².